The Labute approximate surface area is 300 Å². The van der Waals surface area contributed by atoms with E-state index in [4.69, 9.17) is 16.5 Å². The van der Waals surface area contributed by atoms with Gasteiger partial charge in [-0.15, -0.1) is 0 Å². The van der Waals surface area contributed by atoms with E-state index >= 15 is 0 Å². The number of rotatable bonds is 5. The maximum Gasteiger partial charge on any atom is 0.211 e. The number of benzene rings is 7. The van der Waals surface area contributed by atoms with Crippen LogP contribution in [-0.2, 0) is 0 Å². The summed E-state index contributed by atoms with van der Waals surface area (Å²) in [6, 6.07) is 60.6. The van der Waals surface area contributed by atoms with E-state index < -0.39 is 0 Å². The summed E-state index contributed by atoms with van der Waals surface area (Å²) in [4.78, 5) is 14.1. The molecule has 0 radical (unpaired) electrons. The van der Waals surface area contributed by atoms with Gasteiger partial charge >= 0.3 is 0 Å². The summed E-state index contributed by atoms with van der Waals surface area (Å²) in [6.45, 7) is 8.37. The lowest BCUT2D eigenvalue weighted by Crippen LogP contribution is -1.98. The minimum atomic E-state index is 0.549. The van der Waals surface area contributed by atoms with Crippen molar-refractivity contribution >= 4 is 49.3 Å². The van der Waals surface area contributed by atoms with Crippen LogP contribution in [0.4, 0.5) is 5.69 Å². The first kappa shape index (κ1) is 29.6. The number of para-hydroxylation sites is 3. The lowest BCUT2D eigenvalue weighted by atomic mass is 10.1. The number of hydrogen-bond donors (Lipinski definition) is 0. The molecule has 242 valence electrons. The highest BCUT2D eigenvalue weighted by Gasteiger charge is 2.19. The summed E-state index contributed by atoms with van der Waals surface area (Å²) in [5, 5.41) is 4.73. The molecule has 10 rings (SSSR count). The summed E-state index contributed by atoms with van der Waals surface area (Å²) >= 11 is 0. The monoisotopic (exact) mass is 663 g/mol. The molecule has 0 aliphatic carbocycles. The molecular weight excluding hydrogens is 635 g/mol. The number of aromatic nitrogens is 4. The zero-order valence-corrected chi connectivity index (χ0v) is 28.0. The third-order valence-corrected chi connectivity index (χ3v) is 9.95. The van der Waals surface area contributed by atoms with Crippen LogP contribution < -0.4 is 0 Å². The van der Waals surface area contributed by atoms with Crippen molar-refractivity contribution in [3.8, 4) is 45.3 Å². The Hall–Kier alpha value is -7.29. The van der Waals surface area contributed by atoms with Gasteiger partial charge in [0.15, 0.2) is 5.82 Å². The molecule has 0 saturated heterocycles. The van der Waals surface area contributed by atoms with Crippen LogP contribution in [0.5, 0.6) is 0 Å². The molecule has 0 aliphatic rings. The molecule has 0 saturated carbocycles. The van der Waals surface area contributed by atoms with E-state index in [2.05, 4.69) is 129 Å². The molecule has 10 aromatic rings. The van der Waals surface area contributed by atoms with E-state index in [1.807, 2.05) is 60.7 Å². The summed E-state index contributed by atoms with van der Waals surface area (Å²) in [7, 11) is 0. The molecule has 0 fully saturated rings. The zero-order chi connectivity index (χ0) is 34.6. The van der Waals surface area contributed by atoms with Crippen LogP contribution >= 0.6 is 0 Å². The predicted octanol–water partition coefficient (Wildman–Crippen LogP) is 12.2. The van der Waals surface area contributed by atoms with Crippen molar-refractivity contribution in [2.75, 3.05) is 0 Å². The maximum atomic E-state index is 8.37. The Kier molecular flexibility index (Phi) is 6.80. The quantitative estimate of drug-likeness (QED) is 0.172. The van der Waals surface area contributed by atoms with Gasteiger partial charge in [0.1, 0.15) is 0 Å². The lowest BCUT2D eigenvalue weighted by molar-refractivity contribution is 1.16. The Morgan fingerprint density at radius 2 is 0.923 bits per heavy atom. The summed E-state index contributed by atoms with van der Waals surface area (Å²) in [5.41, 5.74) is 11.3. The first-order chi connectivity index (χ1) is 25.7. The molecule has 7 aromatic carbocycles. The van der Waals surface area contributed by atoms with Crippen molar-refractivity contribution in [1.29, 1.82) is 0 Å². The van der Waals surface area contributed by atoms with Crippen molar-refractivity contribution in [3.05, 3.63) is 187 Å². The normalized spacial score (nSPS) is 11.4. The van der Waals surface area contributed by atoms with Crippen molar-refractivity contribution < 1.29 is 0 Å². The number of hydrogen-bond acceptors (Lipinski definition) is 2. The van der Waals surface area contributed by atoms with Crippen molar-refractivity contribution in [3.63, 3.8) is 0 Å². The predicted molar refractivity (Wildman–Crippen MR) is 213 cm³/mol. The molecule has 5 heteroatoms. The fourth-order valence-electron chi connectivity index (χ4n) is 7.59. The first-order valence-electron chi connectivity index (χ1n) is 17.3. The second-order valence-corrected chi connectivity index (χ2v) is 12.9. The summed E-state index contributed by atoms with van der Waals surface area (Å²) in [5.74, 6) is 0.645. The van der Waals surface area contributed by atoms with Crippen molar-refractivity contribution in [1.82, 2.24) is 19.1 Å². The zero-order valence-electron chi connectivity index (χ0n) is 28.0. The Balaban J connectivity index is 1.15. The fraction of sp³-hybridized carbons (Fsp3) is 0. The van der Waals surface area contributed by atoms with Gasteiger partial charge in [-0.25, -0.2) is 14.8 Å². The molecule has 52 heavy (non-hydrogen) atoms. The molecule has 3 aromatic heterocycles. The Bertz CT molecular complexity index is 2910. The van der Waals surface area contributed by atoms with E-state index in [-0.39, 0.29) is 0 Å². The highest BCUT2D eigenvalue weighted by molar-refractivity contribution is 6.12. The van der Waals surface area contributed by atoms with Gasteiger partial charge in [0.25, 0.3) is 0 Å². The Morgan fingerprint density at radius 3 is 1.56 bits per heavy atom. The third-order valence-electron chi connectivity index (χ3n) is 9.95. The fourth-order valence-corrected chi connectivity index (χ4v) is 7.59. The van der Waals surface area contributed by atoms with Crippen molar-refractivity contribution in [2.24, 2.45) is 0 Å². The van der Waals surface area contributed by atoms with Gasteiger partial charge in [0.2, 0.25) is 5.69 Å². The van der Waals surface area contributed by atoms with Crippen LogP contribution in [0.1, 0.15) is 0 Å². The van der Waals surface area contributed by atoms with Gasteiger partial charge < -0.3 is 9.13 Å². The molecule has 5 nitrogen and oxygen atoms in total. The summed E-state index contributed by atoms with van der Waals surface area (Å²) in [6.07, 6.45) is 0. The average molecular weight is 664 g/mol. The van der Waals surface area contributed by atoms with Crippen LogP contribution in [-0.4, -0.2) is 19.1 Å². The van der Waals surface area contributed by atoms with Gasteiger partial charge in [-0.1, -0.05) is 121 Å². The molecule has 0 N–H and O–H groups in total. The topological polar surface area (TPSA) is 40.0 Å². The van der Waals surface area contributed by atoms with E-state index in [0.29, 0.717) is 11.5 Å². The van der Waals surface area contributed by atoms with Crippen LogP contribution in [0.3, 0.4) is 0 Å². The van der Waals surface area contributed by atoms with E-state index in [9.17, 15) is 0 Å². The Morgan fingerprint density at radius 1 is 0.404 bits per heavy atom. The van der Waals surface area contributed by atoms with E-state index in [0.717, 1.165) is 61.3 Å². The minimum Gasteiger partial charge on any atom is -0.319 e. The molecule has 0 aliphatic heterocycles. The lowest BCUT2D eigenvalue weighted by Gasteiger charge is -2.14. The van der Waals surface area contributed by atoms with Gasteiger partial charge in [0.05, 0.1) is 45.7 Å². The largest absolute Gasteiger partial charge is 0.319 e. The van der Waals surface area contributed by atoms with Gasteiger partial charge in [-0.05, 0) is 60.2 Å². The second kappa shape index (κ2) is 11.9. The van der Waals surface area contributed by atoms with E-state index in [1.165, 1.54) is 21.8 Å². The first-order valence-corrected chi connectivity index (χ1v) is 17.3. The molecule has 0 atom stereocenters. The smallest absolute Gasteiger partial charge is 0.211 e. The van der Waals surface area contributed by atoms with Gasteiger partial charge in [-0.3, -0.25) is 0 Å². The maximum absolute atomic E-state index is 8.37. The van der Waals surface area contributed by atoms with Crippen LogP contribution in [0.2, 0.25) is 0 Å². The van der Waals surface area contributed by atoms with Crippen LogP contribution in [0.25, 0.3) is 93.7 Å². The molecule has 3 heterocycles. The highest BCUT2D eigenvalue weighted by Crippen LogP contribution is 2.40. The van der Waals surface area contributed by atoms with Gasteiger partial charge in [0, 0.05) is 38.4 Å². The van der Waals surface area contributed by atoms with E-state index in [1.54, 1.807) is 0 Å². The van der Waals surface area contributed by atoms with Gasteiger partial charge in [-0.2, -0.15) is 0 Å². The number of fused-ring (bicyclic) bond motifs is 6. The number of nitrogens with zero attached hydrogens (tertiary/aromatic N) is 5. The van der Waals surface area contributed by atoms with Crippen molar-refractivity contribution in [2.45, 2.75) is 0 Å². The highest BCUT2D eigenvalue weighted by atomic mass is 15.0. The second-order valence-electron chi connectivity index (χ2n) is 12.9. The third kappa shape index (κ3) is 4.70. The molecule has 0 spiro atoms. The minimum absolute atomic E-state index is 0.549. The summed E-state index contributed by atoms with van der Waals surface area (Å²) < 4.78 is 4.58. The molecule has 0 unspecified atom stereocenters. The average Bonchev–Trinajstić information content (AvgIpc) is 3.73. The molecular formula is C47H29N5. The standard InChI is InChI=1S/C47H29N5/c1-48-41-28-33(40-30-39(31-14-4-2-5-15-31)49-47(50-40)32-16-6-3-7-17-32)24-26-46(41)52-44-23-13-10-20-37(44)38-29-34(25-27-45(38)52)51-42-21-11-8-18-35(42)36-19-9-12-22-43(36)51/h2-30H. The van der Waals surface area contributed by atoms with Crippen LogP contribution in [0.15, 0.2) is 176 Å². The van der Waals surface area contributed by atoms with Crippen LogP contribution in [0, 0.1) is 6.57 Å². The molecule has 0 bridgehead atoms. The SMILES string of the molecule is [C-]#[N+]c1cc(-c2cc(-c3ccccc3)nc(-c3ccccc3)n2)ccc1-n1c2ccccc2c2cc(-n3c4ccccc4c4ccccc43)ccc21. The molecule has 0 amide bonds.